The maximum atomic E-state index is 5.21. The number of hydrogen-bond acceptors (Lipinski definition) is 3. The van der Waals surface area contributed by atoms with Crippen molar-refractivity contribution in [2.45, 2.75) is 32.7 Å². The Kier molecular flexibility index (Phi) is 11.0. The van der Waals surface area contributed by atoms with Crippen LogP contribution in [0.4, 0.5) is 0 Å². The molecule has 1 aromatic carbocycles. The number of ether oxygens (including phenoxy) is 1. The van der Waals surface area contributed by atoms with Gasteiger partial charge in [0.15, 0.2) is 5.96 Å². The van der Waals surface area contributed by atoms with Gasteiger partial charge in [-0.3, -0.25) is 4.99 Å². The number of methoxy groups -OCH3 is 1. The van der Waals surface area contributed by atoms with E-state index in [1.54, 1.807) is 7.11 Å². The van der Waals surface area contributed by atoms with Crippen LogP contribution >= 0.6 is 24.0 Å². The second-order valence-electron chi connectivity index (χ2n) is 6.84. The first-order valence-electron chi connectivity index (χ1n) is 9.43. The Labute approximate surface area is 176 Å². The fourth-order valence-corrected chi connectivity index (χ4v) is 3.44. The molecule has 0 unspecified atom stereocenters. The highest BCUT2D eigenvalue weighted by atomic mass is 127. The number of nitrogens with one attached hydrogen (secondary N) is 1. The van der Waals surface area contributed by atoms with E-state index in [1.807, 2.05) is 19.2 Å². The molecule has 0 amide bonds. The molecule has 1 aliphatic rings. The first-order valence-corrected chi connectivity index (χ1v) is 9.43. The van der Waals surface area contributed by atoms with Crippen LogP contribution in [0.5, 0.6) is 5.75 Å². The Morgan fingerprint density at radius 1 is 1.27 bits per heavy atom. The number of halogens is 1. The molecule has 1 fully saturated rings. The maximum absolute atomic E-state index is 5.21. The lowest BCUT2D eigenvalue weighted by molar-refractivity contribution is 0.187. The molecule has 6 heteroatoms. The molecular formula is C20H35IN4O. The molecule has 0 aromatic heterocycles. The molecule has 5 nitrogen and oxygen atoms in total. The molecular weight excluding hydrogens is 439 g/mol. The van der Waals surface area contributed by atoms with Gasteiger partial charge in [-0.2, -0.15) is 0 Å². The van der Waals surface area contributed by atoms with Gasteiger partial charge < -0.3 is 19.9 Å². The maximum Gasteiger partial charge on any atom is 0.193 e. The van der Waals surface area contributed by atoms with Gasteiger partial charge in [-0.15, -0.1) is 24.0 Å². The van der Waals surface area contributed by atoms with Crippen molar-refractivity contribution in [2.24, 2.45) is 10.9 Å². The summed E-state index contributed by atoms with van der Waals surface area (Å²) in [4.78, 5) is 9.14. The van der Waals surface area contributed by atoms with E-state index < -0.39 is 0 Å². The fourth-order valence-electron chi connectivity index (χ4n) is 3.44. The van der Waals surface area contributed by atoms with E-state index in [-0.39, 0.29) is 24.0 Å². The summed E-state index contributed by atoms with van der Waals surface area (Å²) in [6.45, 7) is 7.79. The molecule has 1 aromatic rings. The summed E-state index contributed by atoms with van der Waals surface area (Å²) >= 11 is 0. The molecule has 26 heavy (non-hydrogen) atoms. The van der Waals surface area contributed by atoms with Crippen LogP contribution in [-0.2, 0) is 6.54 Å². The van der Waals surface area contributed by atoms with Crippen LogP contribution in [0.3, 0.4) is 0 Å². The topological polar surface area (TPSA) is 40.1 Å². The number of aliphatic imine (C=N–C) groups is 1. The van der Waals surface area contributed by atoms with E-state index in [0.717, 1.165) is 30.7 Å². The molecule has 0 bridgehead atoms. The lowest BCUT2D eigenvalue weighted by Crippen LogP contribution is -2.40. The smallest absolute Gasteiger partial charge is 0.193 e. The molecule has 0 spiro atoms. The minimum atomic E-state index is 0. The van der Waals surface area contributed by atoms with Crippen molar-refractivity contribution in [3.63, 3.8) is 0 Å². The minimum absolute atomic E-state index is 0. The highest BCUT2D eigenvalue weighted by Gasteiger charge is 2.17. The van der Waals surface area contributed by atoms with Crippen LogP contribution < -0.4 is 10.1 Å². The van der Waals surface area contributed by atoms with Crippen LogP contribution in [0.25, 0.3) is 0 Å². The zero-order chi connectivity index (χ0) is 18.1. The number of nitrogens with zero attached hydrogens (tertiary/aromatic N) is 3. The number of guanidine groups is 1. The van der Waals surface area contributed by atoms with Crippen LogP contribution in [-0.4, -0.2) is 63.1 Å². The van der Waals surface area contributed by atoms with Crippen molar-refractivity contribution in [1.29, 1.82) is 0 Å². The van der Waals surface area contributed by atoms with Crippen molar-refractivity contribution in [2.75, 3.05) is 47.4 Å². The Morgan fingerprint density at radius 2 is 1.92 bits per heavy atom. The third kappa shape index (κ3) is 7.31. The van der Waals surface area contributed by atoms with Gasteiger partial charge in [0.25, 0.3) is 0 Å². The molecule has 148 valence electrons. The van der Waals surface area contributed by atoms with Gasteiger partial charge in [-0.1, -0.05) is 19.1 Å². The summed E-state index contributed by atoms with van der Waals surface area (Å²) in [5, 5.41) is 3.52. The summed E-state index contributed by atoms with van der Waals surface area (Å²) in [5.41, 5.74) is 1.25. The van der Waals surface area contributed by atoms with Gasteiger partial charge >= 0.3 is 0 Å². The number of benzene rings is 1. The lowest BCUT2D eigenvalue weighted by atomic mass is 9.93. The van der Waals surface area contributed by atoms with Crippen LogP contribution in [0.15, 0.2) is 29.3 Å². The summed E-state index contributed by atoms with van der Waals surface area (Å²) in [5.74, 6) is 2.70. The number of likely N-dealkylation sites (tertiary alicyclic amines) is 1. The molecule has 0 radical (unpaired) electrons. The summed E-state index contributed by atoms with van der Waals surface area (Å²) in [6, 6.07) is 8.21. The predicted octanol–water partition coefficient (Wildman–Crippen LogP) is 3.44. The molecule has 0 atom stereocenters. The third-order valence-electron chi connectivity index (χ3n) is 5.14. The van der Waals surface area contributed by atoms with E-state index >= 15 is 0 Å². The molecule has 1 N–H and O–H groups in total. The van der Waals surface area contributed by atoms with Gasteiger partial charge in [0.05, 0.1) is 7.11 Å². The van der Waals surface area contributed by atoms with Gasteiger partial charge in [0.1, 0.15) is 5.75 Å². The van der Waals surface area contributed by atoms with Crippen molar-refractivity contribution < 1.29 is 4.74 Å². The normalized spacial score (nSPS) is 16.1. The number of rotatable bonds is 7. The summed E-state index contributed by atoms with van der Waals surface area (Å²) < 4.78 is 5.21. The average Bonchev–Trinajstić information content (AvgIpc) is 2.66. The Balaban J connectivity index is 0.00000338. The minimum Gasteiger partial charge on any atom is -0.497 e. The van der Waals surface area contributed by atoms with Crippen molar-refractivity contribution in [1.82, 2.24) is 15.1 Å². The van der Waals surface area contributed by atoms with Gasteiger partial charge in [0.2, 0.25) is 0 Å². The first kappa shape index (κ1) is 23.0. The second-order valence-corrected chi connectivity index (χ2v) is 6.84. The van der Waals surface area contributed by atoms with Crippen LogP contribution in [0.1, 0.15) is 31.7 Å². The monoisotopic (exact) mass is 474 g/mol. The van der Waals surface area contributed by atoms with E-state index in [4.69, 9.17) is 4.74 Å². The summed E-state index contributed by atoms with van der Waals surface area (Å²) in [7, 11) is 5.63. The molecule has 0 saturated carbocycles. The molecule has 1 aliphatic heterocycles. The van der Waals surface area contributed by atoms with Gasteiger partial charge in [0, 0.05) is 27.2 Å². The van der Waals surface area contributed by atoms with Gasteiger partial charge in [-0.25, -0.2) is 0 Å². The zero-order valence-corrected chi connectivity index (χ0v) is 19.0. The van der Waals surface area contributed by atoms with E-state index in [0.29, 0.717) is 0 Å². The highest BCUT2D eigenvalue weighted by molar-refractivity contribution is 14.0. The quantitative estimate of drug-likeness (QED) is 0.374. The lowest BCUT2D eigenvalue weighted by Gasteiger charge is -2.31. The number of hydrogen-bond donors (Lipinski definition) is 1. The summed E-state index contributed by atoms with van der Waals surface area (Å²) in [6.07, 6.45) is 3.89. The molecule has 2 rings (SSSR count). The van der Waals surface area contributed by atoms with Crippen molar-refractivity contribution in [3.8, 4) is 5.75 Å². The fraction of sp³-hybridized carbons (Fsp3) is 0.650. The van der Waals surface area contributed by atoms with Crippen LogP contribution in [0, 0.1) is 5.92 Å². The highest BCUT2D eigenvalue weighted by Crippen LogP contribution is 2.19. The largest absolute Gasteiger partial charge is 0.497 e. The van der Waals surface area contributed by atoms with Gasteiger partial charge in [-0.05, 0) is 62.5 Å². The molecule has 0 aliphatic carbocycles. The Morgan fingerprint density at radius 3 is 2.46 bits per heavy atom. The number of piperidine rings is 1. The van der Waals surface area contributed by atoms with E-state index in [1.165, 1.54) is 44.5 Å². The standard InChI is InChI=1S/C20H34N4O.HI/c1-5-24-14-11-17(12-15-24)10-13-22-20(21-2)23(3)16-18-6-8-19(25-4)9-7-18;/h6-9,17H,5,10-16H2,1-4H3,(H,21,22);1H. The molecule has 1 saturated heterocycles. The Bertz CT molecular complexity index is 527. The van der Waals surface area contributed by atoms with Crippen LogP contribution in [0.2, 0.25) is 0 Å². The van der Waals surface area contributed by atoms with Crippen molar-refractivity contribution >= 4 is 29.9 Å². The second kappa shape index (κ2) is 12.4. The van der Waals surface area contributed by atoms with Crippen molar-refractivity contribution in [3.05, 3.63) is 29.8 Å². The predicted molar refractivity (Wildman–Crippen MR) is 121 cm³/mol. The first-order chi connectivity index (χ1) is 12.2. The third-order valence-corrected chi connectivity index (χ3v) is 5.14. The van der Waals surface area contributed by atoms with E-state index in [9.17, 15) is 0 Å². The SMILES string of the molecule is CCN1CCC(CCNC(=NC)N(C)Cc2ccc(OC)cc2)CC1.I. The Hall–Kier alpha value is -1.02. The molecule has 1 heterocycles. The van der Waals surface area contributed by atoms with E-state index in [2.05, 4.69) is 46.2 Å². The zero-order valence-electron chi connectivity index (χ0n) is 16.7. The average molecular weight is 474 g/mol.